The van der Waals surface area contributed by atoms with Gasteiger partial charge >= 0.3 is 11.9 Å². The Hall–Kier alpha value is -2.69. The Morgan fingerprint density at radius 1 is 0.852 bits per heavy atom. The summed E-state index contributed by atoms with van der Waals surface area (Å²) in [6.07, 6.45) is -0.116. The molecule has 11 nitrogen and oxygen atoms in total. The number of carboxylic acids is 2. The zero-order chi connectivity index (χ0) is 21.3. The number of hydrogen-bond acceptors (Lipinski definition) is 6. The maximum absolute atomic E-state index is 12.1. The molecule has 0 heterocycles. The highest BCUT2D eigenvalue weighted by atomic mass is 16.4. The number of nitrogens with one attached hydrogen (secondary N) is 3. The third-order valence-electron chi connectivity index (χ3n) is 4.06. The average Bonchev–Trinajstić information content (AvgIpc) is 2.58. The molecule has 154 valence electrons. The minimum absolute atomic E-state index is 0.0767. The molecule has 7 N–H and O–H groups in total. The Kier molecular flexibility index (Phi) is 10.0. The standard InChI is InChI=1S/C16H28N4O7/c1-5-7(2)12(17)15(25)19-8(3)13(23)18-9(4)14(24)20-10(16(26)27)6-11(21)22/h7-10,12H,5-6,17H2,1-4H3,(H,18,23)(H,19,25)(H,20,24)(H,21,22)(H,26,27). The molecular weight excluding hydrogens is 360 g/mol. The third kappa shape index (κ3) is 8.49. The SMILES string of the molecule is CCC(C)C(N)C(=O)NC(C)C(=O)NC(C)C(=O)NC(CC(=O)O)C(=O)O. The molecule has 11 heteroatoms. The van der Waals surface area contributed by atoms with Gasteiger partial charge in [-0.2, -0.15) is 0 Å². The number of rotatable bonds is 11. The molecule has 0 aromatic rings. The average molecular weight is 388 g/mol. The minimum Gasteiger partial charge on any atom is -0.481 e. The molecule has 0 aromatic heterocycles. The maximum Gasteiger partial charge on any atom is 0.326 e. The van der Waals surface area contributed by atoms with E-state index in [1.54, 1.807) is 6.92 Å². The maximum atomic E-state index is 12.1. The van der Waals surface area contributed by atoms with Gasteiger partial charge in [-0.25, -0.2) is 4.79 Å². The molecule has 0 bridgehead atoms. The number of hydrogen-bond donors (Lipinski definition) is 6. The van der Waals surface area contributed by atoms with Crippen LogP contribution in [0.4, 0.5) is 0 Å². The quantitative estimate of drug-likeness (QED) is 0.244. The number of amides is 3. The first-order chi connectivity index (χ1) is 12.4. The van der Waals surface area contributed by atoms with Crippen LogP contribution >= 0.6 is 0 Å². The summed E-state index contributed by atoms with van der Waals surface area (Å²) in [6, 6.07) is -4.52. The summed E-state index contributed by atoms with van der Waals surface area (Å²) in [4.78, 5) is 57.6. The fourth-order valence-corrected chi connectivity index (χ4v) is 1.96. The van der Waals surface area contributed by atoms with Crippen LogP contribution < -0.4 is 21.7 Å². The molecule has 0 radical (unpaired) electrons. The van der Waals surface area contributed by atoms with Gasteiger partial charge in [-0.15, -0.1) is 0 Å². The lowest BCUT2D eigenvalue weighted by molar-refractivity contribution is -0.147. The molecule has 0 aromatic carbocycles. The van der Waals surface area contributed by atoms with Crippen LogP contribution in [0, 0.1) is 5.92 Å². The van der Waals surface area contributed by atoms with E-state index in [2.05, 4.69) is 10.6 Å². The topological polar surface area (TPSA) is 188 Å². The van der Waals surface area contributed by atoms with Crippen molar-refractivity contribution in [1.29, 1.82) is 0 Å². The van der Waals surface area contributed by atoms with Crippen molar-refractivity contribution in [2.75, 3.05) is 0 Å². The molecule has 0 spiro atoms. The van der Waals surface area contributed by atoms with E-state index < -0.39 is 60.2 Å². The summed E-state index contributed by atoms with van der Waals surface area (Å²) in [7, 11) is 0. The summed E-state index contributed by atoms with van der Waals surface area (Å²) in [5.74, 6) is -5.03. The Labute approximate surface area is 157 Å². The largest absolute Gasteiger partial charge is 0.481 e. The summed E-state index contributed by atoms with van der Waals surface area (Å²) in [5, 5.41) is 24.4. The molecule has 27 heavy (non-hydrogen) atoms. The van der Waals surface area contributed by atoms with Crippen molar-refractivity contribution in [3.63, 3.8) is 0 Å². The van der Waals surface area contributed by atoms with E-state index in [9.17, 15) is 24.0 Å². The number of aliphatic carboxylic acids is 2. The van der Waals surface area contributed by atoms with Gasteiger partial charge in [0.2, 0.25) is 17.7 Å². The van der Waals surface area contributed by atoms with E-state index in [4.69, 9.17) is 15.9 Å². The zero-order valence-corrected chi connectivity index (χ0v) is 15.8. The minimum atomic E-state index is -1.62. The van der Waals surface area contributed by atoms with Gasteiger partial charge in [0.1, 0.15) is 18.1 Å². The van der Waals surface area contributed by atoms with Gasteiger partial charge in [-0.1, -0.05) is 20.3 Å². The Morgan fingerprint density at radius 2 is 1.30 bits per heavy atom. The fourth-order valence-electron chi connectivity index (χ4n) is 1.96. The summed E-state index contributed by atoms with van der Waals surface area (Å²) in [5.41, 5.74) is 5.78. The summed E-state index contributed by atoms with van der Waals surface area (Å²) < 4.78 is 0. The van der Waals surface area contributed by atoms with Crippen molar-refractivity contribution in [1.82, 2.24) is 16.0 Å². The second-order valence-electron chi connectivity index (χ2n) is 6.37. The van der Waals surface area contributed by atoms with Crippen LogP contribution in [-0.4, -0.2) is 64.0 Å². The van der Waals surface area contributed by atoms with Crippen molar-refractivity contribution < 1.29 is 34.2 Å². The molecule has 0 saturated heterocycles. The Bertz CT molecular complexity index is 581. The van der Waals surface area contributed by atoms with E-state index in [1.807, 2.05) is 12.2 Å². The Balaban J connectivity index is 4.70. The van der Waals surface area contributed by atoms with E-state index in [-0.39, 0.29) is 5.92 Å². The molecule has 5 unspecified atom stereocenters. The monoisotopic (exact) mass is 388 g/mol. The molecule has 0 rings (SSSR count). The highest BCUT2D eigenvalue weighted by Crippen LogP contribution is 2.05. The lowest BCUT2D eigenvalue weighted by Crippen LogP contribution is -2.56. The molecule has 0 aliphatic carbocycles. The van der Waals surface area contributed by atoms with E-state index in [0.29, 0.717) is 6.42 Å². The molecule has 3 amide bonds. The van der Waals surface area contributed by atoms with E-state index in [0.717, 1.165) is 0 Å². The van der Waals surface area contributed by atoms with Crippen LogP contribution in [0.1, 0.15) is 40.5 Å². The predicted octanol–water partition coefficient (Wildman–Crippen LogP) is -1.59. The van der Waals surface area contributed by atoms with Crippen molar-refractivity contribution in [3.05, 3.63) is 0 Å². The normalized spacial score (nSPS) is 16.2. The highest BCUT2D eigenvalue weighted by molar-refractivity contribution is 5.94. The van der Waals surface area contributed by atoms with Gasteiger partial charge in [0.25, 0.3) is 0 Å². The first-order valence-corrected chi connectivity index (χ1v) is 8.51. The van der Waals surface area contributed by atoms with Crippen molar-refractivity contribution in [2.45, 2.75) is 64.7 Å². The smallest absolute Gasteiger partial charge is 0.326 e. The predicted molar refractivity (Wildman–Crippen MR) is 94.5 cm³/mol. The lowest BCUT2D eigenvalue weighted by Gasteiger charge is -2.22. The van der Waals surface area contributed by atoms with Crippen LogP contribution in [0.3, 0.4) is 0 Å². The third-order valence-corrected chi connectivity index (χ3v) is 4.06. The Morgan fingerprint density at radius 3 is 1.70 bits per heavy atom. The lowest BCUT2D eigenvalue weighted by atomic mass is 9.99. The number of carbonyl (C=O) groups is 5. The van der Waals surface area contributed by atoms with Gasteiger partial charge in [0, 0.05) is 0 Å². The number of carbonyl (C=O) groups excluding carboxylic acids is 3. The zero-order valence-electron chi connectivity index (χ0n) is 15.8. The first-order valence-electron chi connectivity index (χ1n) is 8.51. The molecule has 0 aliphatic rings. The van der Waals surface area contributed by atoms with Crippen LogP contribution in [0.15, 0.2) is 0 Å². The molecular formula is C16H28N4O7. The van der Waals surface area contributed by atoms with E-state index in [1.165, 1.54) is 13.8 Å². The molecule has 0 fully saturated rings. The van der Waals surface area contributed by atoms with Crippen LogP contribution in [0.25, 0.3) is 0 Å². The van der Waals surface area contributed by atoms with Gasteiger partial charge in [-0.05, 0) is 19.8 Å². The van der Waals surface area contributed by atoms with Gasteiger partial charge in [0.15, 0.2) is 0 Å². The molecule has 0 aliphatic heterocycles. The number of carboxylic acid groups (broad SMARTS) is 2. The van der Waals surface area contributed by atoms with Gasteiger partial charge in [0.05, 0.1) is 12.5 Å². The highest BCUT2D eigenvalue weighted by Gasteiger charge is 2.28. The summed E-state index contributed by atoms with van der Waals surface area (Å²) >= 11 is 0. The van der Waals surface area contributed by atoms with Crippen molar-refractivity contribution in [2.24, 2.45) is 11.7 Å². The second kappa shape index (κ2) is 11.1. The van der Waals surface area contributed by atoms with Gasteiger partial charge in [-0.3, -0.25) is 19.2 Å². The van der Waals surface area contributed by atoms with E-state index >= 15 is 0 Å². The summed E-state index contributed by atoms with van der Waals surface area (Å²) in [6.45, 7) is 6.39. The molecule has 0 saturated carbocycles. The van der Waals surface area contributed by atoms with Crippen LogP contribution in [-0.2, 0) is 24.0 Å². The van der Waals surface area contributed by atoms with Crippen molar-refractivity contribution >= 4 is 29.7 Å². The molecule has 5 atom stereocenters. The number of nitrogens with two attached hydrogens (primary N) is 1. The van der Waals surface area contributed by atoms with Crippen LogP contribution in [0.2, 0.25) is 0 Å². The fraction of sp³-hybridized carbons (Fsp3) is 0.688. The van der Waals surface area contributed by atoms with Gasteiger partial charge < -0.3 is 31.9 Å². The van der Waals surface area contributed by atoms with Crippen molar-refractivity contribution in [3.8, 4) is 0 Å². The van der Waals surface area contributed by atoms with Crippen LogP contribution in [0.5, 0.6) is 0 Å². The first kappa shape index (κ1) is 24.3. The second-order valence-corrected chi connectivity index (χ2v) is 6.37.